The Balaban J connectivity index is 1.12. The molecule has 1 aliphatic carbocycles. The van der Waals surface area contributed by atoms with Gasteiger partial charge in [0.15, 0.2) is 5.76 Å². The molecule has 8 heteroatoms. The lowest BCUT2D eigenvalue weighted by molar-refractivity contribution is -0.125. The number of nitrogens with zero attached hydrogens (tertiary/aromatic N) is 3. The zero-order valence-electron chi connectivity index (χ0n) is 23.1. The van der Waals surface area contributed by atoms with Crippen molar-refractivity contribution in [2.45, 2.75) is 49.5 Å². The second kappa shape index (κ2) is 10.9. The van der Waals surface area contributed by atoms with Crippen molar-refractivity contribution in [1.82, 2.24) is 15.1 Å². The fraction of sp³-hybridized carbons (Fsp3) is 0.438. The molecule has 2 amide bonds. The molecule has 2 aromatic carbocycles. The van der Waals surface area contributed by atoms with Crippen LogP contribution in [0.3, 0.4) is 0 Å². The molecule has 0 bridgehead atoms. The zero-order chi connectivity index (χ0) is 27.7. The highest BCUT2D eigenvalue weighted by Gasteiger charge is 2.50. The quantitative estimate of drug-likeness (QED) is 0.415. The van der Waals surface area contributed by atoms with Crippen LogP contribution in [0.15, 0.2) is 71.3 Å². The molecule has 1 atom stereocenters. The number of anilines is 1. The number of piperidine rings is 1. The van der Waals surface area contributed by atoms with Gasteiger partial charge in [0, 0.05) is 42.8 Å². The van der Waals surface area contributed by atoms with Gasteiger partial charge in [-0.1, -0.05) is 35.9 Å². The summed E-state index contributed by atoms with van der Waals surface area (Å²) in [5.74, 6) is 0.432. The van der Waals surface area contributed by atoms with Crippen molar-refractivity contribution in [1.29, 1.82) is 0 Å². The van der Waals surface area contributed by atoms with Crippen molar-refractivity contribution >= 4 is 29.1 Å². The number of nitrogens with one attached hydrogen (secondary N) is 1. The van der Waals surface area contributed by atoms with E-state index in [1.165, 1.54) is 11.1 Å². The SMILES string of the molecule is CN(CC1(CCCN2CCC3(CC2)C(=O)NCN3c2ccccc2)CCc2cc(Cl)ccc21)C(=O)c1ccco1. The van der Waals surface area contributed by atoms with Crippen molar-refractivity contribution in [2.24, 2.45) is 0 Å². The summed E-state index contributed by atoms with van der Waals surface area (Å²) in [5, 5.41) is 3.86. The van der Waals surface area contributed by atoms with Gasteiger partial charge in [0.1, 0.15) is 5.54 Å². The molecule has 210 valence electrons. The van der Waals surface area contributed by atoms with Gasteiger partial charge in [-0.05, 0) is 92.6 Å². The van der Waals surface area contributed by atoms with Crippen molar-refractivity contribution in [2.75, 3.05) is 44.8 Å². The van der Waals surface area contributed by atoms with E-state index < -0.39 is 5.54 Å². The Morgan fingerprint density at radius 1 is 1.07 bits per heavy atom. The van der Waals surface area contributed by atoms with Gasteiger partial charge in [-0.3, -0.25) is 9.59 Å². The molecule has 6 rings (SSSR count). The van der Waals surface area contributed by atoms with Crippen molar-refractivity contribution in [3.63, 3.8) is 0 Å². The first-order valence-corrected chi connectivity index (χ1v) is 14.7. The van der Waals surface area contributed by atoms with Crippen molar-refractivity contribution in [3.05, 3.63) is 88.8 Å². The van der Waals surface area contributed by atoms with Crippen LogP contribution in [0.5, 0.6) is 0 Å². The summed E-state index contributed by atoms with van der Waals surface area (Å²) in [7, 11) is 1.87. The van der Waals surface area contributed by atoms with Crippen LogP contribution in [0.1, 0.15) is 53.8 Å². The summed E-state index contributed by atoms with van der Waals surface area (Å²) >= 11 is 6.34. The Kier molecular flexibility index (Phi) is 7.36. The number of likely N-dealkylation sites (N-methyl/N-ethyl adjacent to an activating group) is 1. The highest BCUT2D eigenvalue weighted by atomic mass is 35.5. The molecule has 1 N–H and O–H groups in total. The normalized spacial score (nSPS) is 21.9. The molecule has 3 heterocycles. The van der Waals surface area contributed by atoms with E-state index in [0.29, 0.717) is 19.0 Å². The maximum Gasteiger partial charge on any atom is 0.289 e. The summed E-state index contributed by atoms with van der Waals surface area (Å²) in [6, 6.07) is 20.0. The minimum atomic E-state index is -0.461. The standard InChI is InChI=1S/C32H37ClN4O3/c1-35(29(38)28-9-5-20-40-28)22-31(14-12-24-21-25(33)10-11-27(24)31)13-6-17-36-18-15-32(16-19-36)30(39)34-23-37(32)26-7-3-2-4-8-26/h2-5,7-11,20-21H,6,12-19,22-23H2,1H3,(H,34,39). The Hall–Kier alpha value is -3.29. The van der Waals surface area contributed by atoms with Gasteiger partial charge in [0.05, 0.1) is 12.9 Å². The molecule has 1 unspecified atom stereocenters. The number of hydrogen-bond donors (Lipinski definition) is 1. The molecule has 3 aliphatic rings. The average Bonchev–Trinajstić information content (AvgIpc) is 3.70. The van der Waals surface area contributed by atoms with Crippen LogP contribution >= 0.6 is 11.6 Å². The van der Waals surface area contributed by atoms with Crippen molar-refractivity contribution in [3.8, 4) is 0 Å². The van der Waals surface area contributed by atoms with Crippen LogP contribution in [-0.2, 0) is 16.6 Å². The monoisotopic (exact) mass is 560 g/mol. The number of furan rings is 1. The molecule has 1 spiro atoms. The van der Waals surface area contributed by atoms with E-state index in [4.69, 9.17) is 16.0 Å². The van der Waals surface area contributed by atoms with Gasteiger partial charge in [0.2, 0.25) is 5.91 Å². The summed E-state index contributed by atoms with van der Waals surface area (Å²) in [6.45, 7) is 3.97. The van der Waals surface area contributed by atoms with E-state index >= 15 is 0 Å². The smallest absolute Gasteiger partial charge is 0.289 e. The summed E-state index contributed by atoms with van der Waals surface area (Å²) in [5.41, 5.74) is 3.12. The topological polar surface area (TPSA) is 69.0 Å². The molecular weight excluding hydrogens is 524 g/mol. The third-order valence-corrected chi connectivity index (χ3v) is 9.58. The Bertz CT molecular complexity index is 1350. The van der Waals surface area contributed by atoms with E-state index in [2.05, 4.69) is 39.4 Å². The number of aryl methyl sites for hydroxylation is 1. The number of para-hydroxylation sites is 1. The molecule has 0 saturated carbocycles. The van der Waals surface area contributed by atoms with Crippen LogP contribution < -0.4 is 10.2 Å². The average molecular weight is 561 g/mol. The predicted molar refractivity (Wildman–Crippen MR) is 157 cm³/mol. The van der Waals surface area contributed by atoms with Gasteiger partial charge < -0.3 is 24.4 Å². The third-order valence-electron chi connectivity index (χ3n) is 9.35. The highest BCUT2D eigenvalue weighted by molar-refractivity contribution is 6.30. The second-order valence-electron chi connectivity index (χ2n) is 11.6. The zero-order valence-corrected chi connectivity index (χ0v) is 23.8. The van der Waals surface area contributed by atoms with Gasteiger partial charge >= 0.3 is 0 Å². The second-order valence-corrected chi connectivity index (χ2v) is 12.1. The molecule has 2 saturated heterocycles. The number of amides is 2. The van der Waals surface area contributed by atoms with E-state index in [9.17, 15) is 9.59 Å². The fourth-order valence-corrected chi connectivity index (χ4v) is 7.43. The van der Waals surface area contributed by atoms with Crippen LogP contribution in [0.2, 0.25) is 5.02 Å². The lowest BCUT2D eigenvalue weighted by atomic mass is 9.77. The maximum absolute atomic E-state index is 13.1. The molecule has 7 nitrogen and oxygen atoms in total. The van der Waals surface area contributed by atoms with E-state index in [-0.39, 0.29) is 17.2 Å². The van der Waals surface area contributed by atoms with E-state index in [1.54, 1.807) is 18.4 Å². The summed E-state index contributed by atoms with van der Waals surface area (Å²) in [6.07, 6.45) is 7.15. The molecule has 2 aliphatic heterocycles. The van der Waals surface area contributed by atoms with Crippen molar-refractivity contribution < 1.29 is 14.0 Å². The minimum absolute atomic E-state index is 0.0917. The van der Waals surface area contributed by atoms with E-state index in [0.717, 1.165) is 68.9 Å². The number of carbonyl (C=O) groups excluding carboxylic acids is 2. The summed E-state index contributed by atoms with van der Waals surface area (Å²) in [4.78, 5) is 32.7. The number of hydrogen-bond acceptors (Lipinski definition) is 5. The first kappa shape index (κ1) is 26.9. The minimum Gasteiger partial charge on any atom is -0.459 e. The van der Waals surface area contributed by atoms with Crippen LogP contribution in [-0.4, -0.2) is 67.0 Å². The maximum atomic E-state index is 13.1. The molecule has 40 heavy (non-hydrogen) atoms. The largest absolute Gasteiger partial charge is 0.459 e. The Morgan fingerprint density at radius 2 is 1.88 bits per heavy atom. The lowest BCUT2D eigenvalue weighted by Gasteiger charge is -2.43. The number of carbonyl (C=O) groups is 2. The predicted octanol–water partition coefficient (Wildman–Crippen LogP) is 5.10. The van der Waals surface area contributed by atoms with Crippen LogP contribution in [0.4, 0.5) is 5.69 Å². The molecule has 0 radical (unpaired) electrons. The number of fused-ring (bicyclic) bond motifs is 1. The molecular formula is C32H37ClN4O3. The fourth-order valence-electron chi connectivity index (χ4n) is 7.23. The van der Waals surface area contributed by atoms with Gasteiger partial charge in [-0.2, -0.15) is 0 Å². The number of benzene rings is 2. The lowest BCUT2D eigenvalue weighted by Crippen LogP contribution is -2.56. The molecule has 2 fully saturated rings. The van der Waals surface area contributed by atoms with Gasteiger partial charge in [-0.25, -0.2) is 0 Å². The number of halogens is 1. The van der Waals surface area contributed by atoms with Gasteiger partial charge in [-0.15, -0.1) is 0 Å². The summed E-state index contributed by atoms with van der Waals surface area (Å²) < 4.78 is 5.40. The number of likely N-dealkylation sites (tertiary alicyclic amines) is 1. The van der Waals surface area contributed by atoms with Gasteiger partial charge in [0.25, 0.3) is 5.91 Å². The third kappa shape index (κ3) is 4.90. The van der Waals surface area contributed by atoms with Crippen LogP contribution in [0, 0.1) is 0 Å². The van der Waals surface area contributed by atoms with E-state index in [1.807, 2.05) is 36.2 Å². The first-order valence-electron chi connectivity index (χ1n) is 14.3. The Morgan fingerprint density at radius 3 is 2.62 bits per heavy atom. The first-order chi connectivity index (χ1) is 19.4. The Labute approximate surface area is 241 Å². The highest BCUT2D eigenvalue weighted by Crippen LogP contribution is 2.44. The van der Waals surface area contributed by atoms with Crippen LogP contribution in [0.25, 0.3) is 0 Å². The number of rotatable bonds is 8. The molecule has 1 aromatic heterocycles. The molecule has 3 aromatic rings.